The first-order valence-corrected chi connectivity index (χ1v) is 8.76. The van der Waals surface area contributed by atoms with Crippen LogP contribution in [0.2, 0.25) is 0 Å². The van der Waals surface area contributed by atoms with Crippen molar-refractivity contribution >= 4 is 5.91 Å². The molecule has 2 aromatic heterocycles. The van der Waals surface area contributed by atoms with Crippen molar-refractivity contribution in [3.8, 4) is 11.3 Å². The van der Waals surface area contributed by atoms with Gasteiger partial charge >= 0.3 is 0 Å². The molecule has 1 amide bonds. The number of benzene rings is 1. The summed E-state index contributed by atoms with van der Waals surface area (Å²) in [7, 11) is 3.35. The number of aryl methyl sites for hydroxylation is 2. The average molecular weight is 366 g/mol. The van der Waals surface area contributed by atoms with Gasteiger partial charge in [-0.05, 0) is 24.6 Å². The van der Waals surface area contributed by atoms with Crippen molar-refractivity contribution in [1.82, 2.24) is 29.4 Å². The monoisotopic (exact) mass is 366 g/mol. The molecule has 0 aliphatic rings. The molecule has 140 valence electrons. The van der Waals surface area contributed by atoms with E-state index in [4.69, 9.17) is 0 Å². The first kappa shape index (κ1) is 18.5. The summed E-state index contributed by atoms with van der Waals surface area (Å²) < 4.78 is 3.24. The van der Waals surface area contributed by atoms with Crippen LogP contribution in [0.25, 0.3) is 11.3 Å². The molecule has 1 aromatic carbocycles. The molecule has 0 unspecified atom stereocenters. The Labute approximate surface area is 157 Å². The minimum Gasteiger partial charge on any atom is -0.334 e. The zero-order valence-electron chi connectivity index (χ0n) is 15.7. The van der Waals surface area contributed by atoms with E-state index in [1.165, 1.54) is 10.7 Å². The van der Waals surface area contributed by atoms with Gasteiger partial charge in [-0.15, -0.1) is 10.2 Å². The third-order valence-electron chi connectivity index (χ3n) is 4.27. The van der Waals surface area contributed by atoms with Gasteiger partial charge in [0, 0.05) is 37.8 Å². The van der Waals surface area contributed by atoms with Crippen molar-refractivity contribution in [2.24, 2.45) is 7.05 Å². The van der Waals surface area contributed by atoms with Gasteiger partial charge in [-0.3, -0.25) is 9.59 Å². The summed E-state index contributed by atoms with van der Waals surface area (Å²) in [4.78, 5) is 25.8. The molecule has 0 bridgehead atoms. The van der Waals surface area contributed by atoms with Crippen molar-refractivity contribution in [3.05, 3.63) is 64.5 Å². The highest BCUT2D eigenvalue weighted by molar-refractivity contribution is 5.94. The number of aromatic nitrogens is 5. The number of carbonyl (C=O) groups is 1. The second-order valence-corrected chi connectivity index (χ2v) is 6.36. The smallest absolute Gasteiger partial charge is 0.266 e. The zero-order chi connectivity index (χ0) is 19.4. The highest BCUT2D eigenvalue weighted by Gasteiger charge is 2.15. The number of hydrogen-bond donors (Lipinski definition) is 0. The Morgan fingerprint density at radius 3 is 2.56 bits per heavy atom. The lowest BCUT2D eigenvalue weighted by molar-refractivity contribution is 0.0780. The molecule has 0 saturated carbocycles. The van der Waals surface area contributed by atoms with Gasteiger partial charge in [0.1, 0.15) is 6.33 Å². The number of carbonyl (C=O) groups excluding carboxylic acids is 1. The number of amides is 1. The maximum absolute atomic E-state index is 12.7. The molecule has 0 atom stereocenters. The SMILES string of the molecule is CCCn1cnnc1CN(C)C(=O)c1ccc(-c2ccc(=O)n(C)n2)cc1. The van der Waals surface area contributed by atoms with E-state index in [2.05, 4.69) is 22.2 Å². The number of hydrogen-bond acceptors (Lipinski definition) is 5. The summed E-state index contributed by atoms with van der Waals surface area (Å²) in [6.45, 7) is 3.30. The van der Waals surface area contributed by atoms with Crippen LogP contribution < -0.4 is 5.56 Å². The molecule has 27 heavy (non-hydrogen) atoms. The summed E-state index contributed by atoms with van der Waals surface area (Å²) >= 11 is 0. The van der Waals surface area contributed by atoms with Crippen molar-refractivity contribution < 1.29 is 4.79 Å². The zero-order valence-corrected chi connectivity index (χ0v) is 15.7. The minimum absolute atomic E-state index is 0.0963. The van der Waals surface area contributed by atoms with Crippen LogP contribution in [0.15, 0.2) is 47.5 Å². The molecule has 3 rings (SSSR count). The Morgan fingerprint density at radius 2 is 1.89 bits per heavy atom. The lowest BCUT2D eigenvalue weighted by atomic mass is 10.1. The molecule has 2 heterocycles. The first-order valence-electron chi connectivity index (χ1n) is 8.76. The third kappa shape index (κ3) is 4.11. The van der Waals surface area contributed by atoms with E-state index in [0.29, 0.717) is 17.8 Å². The highest BCUT2D eigenvalue weighted by Crippen LogP contribution is 2.17. The fourth-order valence-corrected chi connectivity index (χ4v) is 2.77. The van der Waals surface area contributed by atoms with Crippen LogP contribution in [0.1, 0.15) is 29.5 Å². The van der Waals surface area contributed by atoms with Crippen LogP contribution in [-0.2, 0) is 20.1 Å². The van der Waals surface area contributed by atoms with E-state index in [0.717, 1.165) is 24.4 Å². The standard InChI is InChI=1S/C19H22N6O2/c1-4-11-25-13-20-21-17(25)12-23(2)19(27)15-7-5-14(6-8-15)16-9-10-18(26)24(3)22-16/h5-10,13H,4,11-12H2,1-3H3. The summed E-state index contributed by atoms with van der Waals surface area (Å²) in [5, 5.41) is 12.3. The van der Waals surface area contributed by atoms with Crippen LogP contribution in [0, 0.1) is 0 Å². The second-order valence-electron chi connectivity index (χ2n) is 6.36. The molecule has 0 aliphatic carbocycles. The number of rotatable bonds is 6. The lowest BCUT2D eigenvalue weighted by Gasteiger charge is -2.17. The summed E-state index contributed by atoms with van der Waals surface area (Å²) in [6.07, 6.45) is 2.66. The fourth-order valence-electron chi connectivity index (χ4n) is 2.77. The van der Waals surface area contributed by atoms with Gasteiger partial charge < -0.3 is 9.47 Å². The largest absolute Gasteiger partial charge is 0.334 e. The van der Waals surface area contributed by atoms with Gasteiger partial charge in [-0.2, -0.15) is 5.10 Å². The molecular weight excluding hydrogens is 344 g/mol. The summed E-state index contributed by atoms with van der Waals surface area (Å²) in [6, 6.07) is 10.3. The van der Waals surface area contributed by atoms with Gasteiger partial charge in [0.2, 0.25) is 0 Å². The van der Waals surface area contributed by atoms with Gasteiger partial charge in [-0.1, -0.05) is 19.1 Å². The predicted molar refractivity (Wildman–Crippen MR) is 101 cm³/mol. The quantitative estimate of drug-likeness (QED) is 0.663. The van der Waals surface area contributed by atoms with Gasteiger partial charge in [-0.25, -0.2) is 4.68 Å². The van der Waals surface area contributed by atoms with E-state index in [-0.39, 0.29) is 11.5 Å². The highest BCUT2D eigenvalue weighted by atomic mass is 16.2. The van der Waals surface area contributed by atoms with E-state index in [1.54, 1.807) is 43.5 Å². The Kier molecular flexibility index (Phi) is 5.44. The Bertz CT molecular complexity index is 990. The summed E-state index contributed by atoms with van der Waals surface area (Å²) in [5.74, 6) is 0.666. The molecule has 0 N–H and O–H groups in total. The maximum Gasteiger partial charge on any atom is 0.266 e. The maximum atomic E-state index is 12.7. The van der Waals surface area contributed by atoms with E-state index >= 15 is 0 Å². The van der Waals surface area contributed by atoms with Crippen LogP contribution in [0.4, 0.5) is 0 Å². The predicted octanol–water partition coefficient (Wildman–Crippen LogP) is 1.72. The van der Waals surface area contributed by atoms with Crippen molar-refractivity contribution in [3.63, 3.8) is 0 Å². The van der Waals surface area contributed by atoms with Crippen LogP contribution in [-0.4, -0.2) is 42.4 Å². The van der Waals surface area contributed by atoms with Crippen molar-refractivity contribution in [2.75, 3.05) is 7.05 Å². The Morgan fingerprint density at radius 1 is 1.15 bits per heavy atom. The fraction of sp³-hybridized carbons (Fsp3) is 0.316. The lowest BCUT2D eigenvalue weighted by Crippen LogP contribution is -2.27. The molecule has 8 nitrogen and oxygen atoms in total. The van der Waals surface area contributed by atoms with Crippen molar-refractivity contribution in [2.45, 2.75) is 26.4 Å². The molecule has 0 radical (unpaired) electrons. The first-order chi connectivity index (χ1) is 13.0. The van der Waals surface area contributed by atoms with Crippen molar-refractivity contribution in [1.29, 1.82) is 0 Å². The van der Waals surface area contributed by atoms with Crippen LogP contribution >= 0.6 is 0 Å². The van der Waals surface area contributed by atoms with Crippen LogP contribution in [0.3, 0.4) is 0 Å². The van der Waals surface area contributed by atoms with E-state index in [1.807, 2.05) is 16.7 Å². The summed E-state index contributed by atoms with van der Waals surface area (Å²) in [5.41, 5.74) is 1.93. The van der Waals surface area contributed by atoms with E-state index < -0.39 is 0 Å². The van der Waals surface area contributed by atoms with Gasteiger partial charge in [0.05, 0.1) is 12.2 Å². The molecule has 0 spiro atoms. The van der Waals surface area contributed by atoms with Gasteiger partial charge in [0.25, 0.3) is 11.5 Å². The van der Waals surface area contributed by atoms with Gasteiger partial charge in [0.15, 0.2) is 5.82 Å². The topological polar surface area (TPSA) is 85.9 Å². The molecular formula is C19H22N6O2. The molecule has 8 heteroatoms. The normalized spacial score (nSPS) is 10.8. The Balaban J connectivity index is 1.73. The number of nitrogens with zero attached hydrogens (tertiary/aromatic N) is 6. The third-order valence-corrected chi connectivity index (χ3v) is 4.27. The Hall–Kier alpha value is -3.29. The molecule has 0 fully saturated rings. The molecule has 0 saturated heterocycles. The molecule has 3 aromatic rings. The average Bonchev–Trinajstić information content (AvgIpc) is 3.10. The van der Waals surface area contributed by atoms with Crippen LogP contribution in [0.5, 0.6) is 0 Å². The second kappa shape index (κ2) is 7.94. The minimum atomic E-state index is -0.164. The van der Waals surface area contributed by atoms with E-state index in [9.17, 15) is 9.59 Å². The molecule has 0 aliphatic heterocycles.